The Balaban J connectivity index is 1.17. The minimum absolute atomic E-state index is 0.660. The van der Waals surface area contributed by atoms with Gasteiger partial charge < -0.3 is 4.57 Å². The highest BCUT2D eigenvalue weighted by Gasteiger charge is 2.19. The van der Waals surface area contributed by atoms with Crippen molar-refractivity contribution < 1.29 is 0 Å². The second-order valence-electron chi connectivity index (χ2n) is 12.5. The van der Waals surface area contributed by atoms with Crippen molar-refractivity contribution in [2.75, 3.05) is 0 Å². The van der Waals surface area contributed by atoms with Gasteiger partial charge in [0.15, 0.2) is 17.5 Å². The van der Waals surface area contributed by atoms with Crippen molar-refractivity contribution in [2.24, 2.45) is 0 Å². The lowest BCUT2D eigenvalue weighted by atomic mass is 10.0. The van der Waals surface area contributed by atoms with Crippen molar-refractivity contribution >= 4 is 53.3 Å². The van der Waals surface area contributed by atoms with Crippen LogP contribution in [0.15, 0.2) is 170 Å². The summed E-state index contributed by atoms with van der Waals surface area (Å²) < 4.78 is 4.88. The van der Waals surface area contributed by atoms with Crippen LogP contribution in [-0.2, 0) is 0 Å². The molecule has 5 heteroatoms. The normalized spacial score (nSPS) is 11.6. The van der Waals surface area contributed by atoms with Crippen molar-refractivity contribution in [2.45, 2.75) is 0 Å². The largest absolute Gasteiger partial charge is 0.309 e. The number of fused-ring (bicyclic) bond motifs is 6. The number of hydrogen-bond donors (Lipinski definition) is 0. The summed E-state index contributed by atoms with van der Waals surface area (Å²) in [5.41, 5.74) is 8.87. The Morgan fingerprint density at radius 3 is 1.62 bits per heavy atom. The molecule has 10 rings (SSSR count). The van der Waals surface area contributed by atoms with Crippen molar-refractivity contribution in [1.82, 2.24) is 19.5 Å². The van der Waals surface area contributed by atoms with Crippen molar-refractivity contribution in [1.29, 1.82) is 0 Å². The maximum atomic E-state index is 5.00. The first-order valence-electron chi connectivity index (χ1n) is 16.7. The van der Waals surface area contributed by atoms with E-state index in [4.69, 9.17) is 15.0 Å². The van der Waals surface area contributed by atoms with Crippen molar-refractivity contribution in [3.63, 3.8) is 0 Å². The number of rotatable bonds is 5. The highest BCUT2D eigenvalue weighted by atomic mass is 32.1. The summed E-state index contributed by atoms with van der Waals surface area (Å²) in [4.78, 5) is 14.9. The maximum absolute atomic E-state index is 5.00. The Labute approximate surface area is 292 Å². The van der Waals surface area contributed by atoms with Gasteiger partial charge in [0.2, 0.25) is 0 Å². The van der Waals surface area contributed by atoms with E-state index in [1.54, 1.807) is 0 Å². The van der Waals surface area contributed by atoms with Crippen LogP contribution in [0.5, 0.6) is 0 Å². The molecule has 0 aliphatic carbocycles. The predicted molar refractivity (Wildman–Crippen MR) is 209 cm³/mol. The molecule has 0 saturated carbocycles. The molecule has 3 aromatic heterocycles. The molecule has 0 bridgehead atoms. The second kappa shape index (κ2) is 11.6. The molecular weight excluding hydrogens is 629 g/mol. The van der Waals surface area contributed by atoms with Gasteiger partial charge in [0, 0.05) is 47.6 Å². The van der Waals surface area contributed by atoms with Gasteiger partial charge in [0.25, 0.3) is 0 Å². The summed E-state index contributed by atoms with van der Waals surface area (Å²) in [6.45, 7) is 0. The van der Waals surface area contributed by atoms with Crippen LogP contribution in [0.2, 0.25) is 0 Å². The zero-order valence-corrected chi connectivity index (χ0v) is 27.7. The molecule has 0 aliphatic rings. The van der Waals surface area contributed by atoms with E-state index in [9.17, 15) is 0 Å². The van der Waals surface area contributed by atoms with Crippen molar-refractivity contribution in [3.05, 3.63) is 170 Å². The summed E-state index contributed by atoms with van der Waals surface area (Å²) in [7, 11) is 0. The molecule has 0 saturated heterocycles. The van der Waals surface area contributed by atoms with Gasteiger partial charge in [-0.1, -0.05) is 140 Å². The molecule has 0 N–H and O–H groups in total. The summed E-state index contributed by atoms with van der Waals surface area (Å²) in [5, 5.41) is 4.96. The summed E-state index contributed by atoms with van der Waals surface area (Å²) in [6.07, 6.45) is 0. The molecule has 7 aromatic carbocycles. The van der Waals surface area contributed by atoms with Gasteiger partial charge in [-0.2, -0.15) is 0 Å². The van der Waals surface area contributed by atoms with E-state index in [0.717, 1.165) is 16.7 Å². The molecule has 0 fully saturated rings. The number of benzene rings is 7. The fraction of sp³-hybridized carbons (Fsp3) is 0. The zero-order valence-electron chi connectivity index (χ0n) is 26.9. The molecule has 0 aliphatic heterocycles. The van der Waals surface area contributed by atoms with E-state index in [2.05, 4.69) is 114 Å². The van der Waals surface area contributed by atoms with Crippen LogP contribution in [-0.4, -0.2) is 19.5 Å². The molecule has 10 aromatic rings. The molecule has 50 heavy (non-hydrogen) atoms. The highest BCUT2D eigenvalue weighted by molar-refractivity contribution is 7.26. The third kappa shape index (κ3) is 4.71. The first-order chi connectivity index (χ1) is 24.8. The Kier molecular flexibility index (Phi) is 6.64. The Hall–Kier alpha value is -6.43. The quantitative estimate of drug-likeness (QED) is 0.185. The van der Waals surface area contributed by atoms with Crippen LogP contribution in [0.25, 0.3) is 93.0 Å². The number of nitrogens with zero attached hydrogens (tertiary/aromatic N) is 4. The van der Waals surface area contributed by atoms with Crippen molar-refractivity contribution in [3.8, 4) is 51.0 Å². The lowest BCUT2D eigenvalue weighted by molar-refractivity contribution is 1.07. The average molecular weight is 657 g/mol. The lowest BCUT2D eigenvalue weighted by Gasteiger charge is -2.11. The van der Waals surface area contributed by atoms with Crippen LogP contribution in [0.4, 0.5) is 0 Å². The van der Waals surface area contributed by atoms with Crippen LogP contribution in [0.1, 0.15) is 0 Å². The minimum Gasteiger partial charge on any atom is -0.309 e. The second-order valence-corrected chi connectivity index (χ2v) is 13.5. The Bertz CT molecular complexity index is 2800. The van der Waals surface area contributed by atoms with Crippen LogP contribution >= 0.6 is 11.3 Å². The monoisotopic (exact) mass is 656 g/mol. The van der Waals surface area contributed by atoms with Crippen LogP contribution in [0.3, 0.4) is 0 Å². The molecule has 0 spiro atoms. The van der Waals surface area contributed by atoms with E-state index in [-0.39, 0.29) is 0 Å². The molecule has 0 atom stereocenters. The summed E-state index contributed by atoms with van der Waals surface area (Å²) in [6, 6.07) is 59.8. The van der Waals surface area contributed by atoms with E-state index in [1.165, 1.54) is 58.8 Å². The number of hydrogen-bond acceptors (Lipinski definition) is 4. The smallest absolute Gasteiger partial charge is 0.164 e. The fourth-order valence-corrected chi connectivity index (χ4v) is 8.28. The minimum atomic E-state index is 0.660. The van der Waals surface area contributed by atoms with Crippen LogP contribution < -0.4 is 0 Å². The standard InChI is InChI=1S/C45H28N4S/c1-4-13-29(14-5-1)32-23-25-35-34-19-10-11-20-37(34)49(39(35)27-32)38-21-12-22-40-42(38)36-26-24-33(28-41(36)50-40)45-47-43(30-15-6-2-7-16-30)46-44(48-45)31-17-8-3-9-18-31/h1-28H. The van der Waals surface area contributed by atoms with Gasteiger partial charge in [-0.15, -0.1) is 11.3 Å². The van der Waals surface area contributed by atoms with Gasteiger partial charge in [-0.25, -0.2) is 15.0 Å². The number of aromatic nitrogens is 4. The van der Waals surface area contributed by atoms with E-state index in [0.29, 0.717) is 17.5 Å². The van der Waals surface area contributed by atoms with E-state index in [1.807, 2.05) is 72.0 Å². The molecule has 3 heterocycles. The van der Waals surface area contributed by atoms with Gasteiger partial charge >= 0.3 is 0 Å². The first-order valence-corrected chi connectivity index (χ1v) is 17.5. The average Bonchev–Trinajstić information content (AvgIpc) is 3.74. The van der Waals surface area contributed by atoms with Gasteiger partial charge in [0.05, 0.1) is 16.7 Å². The summed E-state index contributed by atoms with van der Waals surface area (Å²) in [5.74, 6) is 1.98. The predicted octanol–water partition coefficient (Wildman–Crippen LogP) is 12.0. The fourth-order valence-electron chi connectivity index (χ4n) is 7.11. The van der Waals surface area contributed by atoms with Gasteiger partial charge in [-0.3, -0.25) is 0 Å². The molecular formula is C45H28N4S. The Morgan fingerprint density at radius 1 is 0.360 bits per heavy atom. The van der Waals surface area contributed by atoms with E-state index >= 15 is 0 Å². The molecule has 4 nitrogen and oxygen atoms in total. The molecule has 0 amide bonds. The van der Waals surface area contributed by atoms with Gasteiger partial charge in [0.1, 0.15) is 0 Å². The number of thiophene rings is 1. The molecule has 0 radical (unpaired) electrons. The number of para-hydroxylation sites is 1. The topological polar surface area (TPSA) is 43.6 Å². The van der Waals surface area contributed by atoms with E-state index < -0.39 is 0 Å². The molecule has 0 unspecified atom stereocenters. The SMILES string of the molecule is c1ccc(-c2ccc3c4ccccc4n(-c4cccc5sc6cc(-c7nc(-c8ccccc8)nc(-c8ccccc8)n7)ccc6c45)c3c2)cc1. The maximum Gasteiger partial charge on any atom is 0.164 e. The summed E-state index contributed by atoms with van der Waals surface area (Å²) >= 11 is 1.81. The highest BCUT2D eigenvalue weighted by Crippen LogP contribution is 2.42. The van der Waals surface area contributed by atoms with Crippen LogP contribution in [0, 0.1) is 0 Å². The zero-order chi connectivity index (χ0) is 33.0. The Morgan fingerprint density at radius 2 is 0.920 bits per heavy atom. The van der Waals surface area contributed by atoms with Gasteiger partial charge in [-0.05, 0) is 41.5 Å². The molecule has 234 valence electrons. The third-order valence-corrected chi connectivity index (χ3v) is 10.6. The first kappa shape index (κ1) is 28.6. The third-order valence-electron chi connectivity index (χ3n) is 9.45. The lowest BCUT2D eigenvalue weighted by Crippen LogP contribution is -2.00.